The highest BCUT2D eigenvalue weighted by atomic mass is 32.1. The number of aromatic nitrogens is 3. The average Bonchev–Trinajstić information content (AvgIpc) is 2.98. The van der Waals surface area contributed by atoms with Crippen molar-refractivity contribution >= 4 is 22.4 Å². The number of hydrogen-bond donors (Lipinski definition) is 0. The van der Waals surface area contributed by atoms with Crippen LogP contribution in [0.3, 0.4) is 0 Å². The number of fused-ring (bicyclic) bond motifs is 1. The molecular weight excluding hydrogens is 362 g/mol. The van der Waals surface area contributed by atoms with E-state index < -0.39 is 5.56 Å². The number of hydrogen-bond acceptors (Lipinski definition) is 6. The topological polar surface area (TPSA) is 73.6 Å². The zero-order valence-electron chi connectivity index (χ0n) is 14.5. The number of methoxy groups -OCH3 is 1. The molecule has 0 fully saturated rings. The summed E-state index contributed by atoms with van der Waals surface area (Å²) in [4.78, 5) is 29.3. The molecule has 7 heteroatoms. The molecule has 0 atom stereocenters. The summed E-state index contributed by atoms with van der Waals surface area (Å²) < 4.78 is 6.83. The molecule has 0 amide bonds. The summed E-state index contributed by atoms with van der Waals surface area (Å²) in [6, 6.07) is 16.9. The Labute approximate surface area is 158 Å². The van der Waals surface area contributed by atoms with E-state index in [1.165, 1.54) is 4.52 Å². The Balaban J connectivity index is 1.76. The van der Waals surface area contributed by atoms with Crippen LogP contribution in [-0.2, 0) is 6.42 Å². The summed E-state index contributed by atoms with van der Waals surface area (Å²) in [7, 11) is 1.59. The number of thiazole rings is 1. The predicted octanol–water partition coefficient (Wildman–Crippen LogP) is 1.66. The van der Waals surface area contributed by atoms with Gasteiger partial charge in [-0.2, -0.15) is 14.6 Å². The Kier molecular flexibility index (Phi) is 4.52. The number of nitrogens with zero attached hydrogens (tertiary/aromatic N) is 3. The fraction of sp³-hybridized carbons (Fsp3) is 0.100. The standard InChI is InChI=1S/C20H15N3O3S/c1-26-15-9-7-14(8-10-15)11-16-18(24)21-20-23(22-16)19(25)17(27-20)12-13-5-3-2-4-6-13/h2-10,12H,11H2,1H3/b17-12+. The summed E-state index contributed by atoms with van der Waals surface area (Å²) in [5.41, 5.74) is 1.34. The summed E-state index contributed by atoms with van der Waals surface area (Å²) in [5.74, 6) is 0.734. The average molecular weight is 377 g/mol. The van der Waals surface area contributed by atoms with Crippen LogP contribution in [0.1, 0.15) is 16.8 Å². The quantitative estimate of drug-likeness (QED) is 0.541. The van der Waals surface area contributed by atoms with Crippen LogP contribution in [0.5, 0.6) is 5.75 Å². The van der Waals surface area contributed by atoms with Gasteiger partial charge in [-0.15, -0.1) is 0 Å². The first-order chi connectivity index (χ1) is 13.1. The van der Waals surface area contributed by atoms with Crippen LogP contribution in [0.25, 0.3) is 11.0 Å². The van der Waals surface area contributed by atoms with Gasteiger partial charge in [0.15, 0.2) is 0 Å². The maximum absolute atomic E-state index is 12.7. The molecule has 0 saturated heterocycles. The number of ether oxygens (including phenoxy) is 1. The van der Waals surface area contributed by atoms with Gasteiger partial charge in [0.25, 0.3) is 11.1 Å². The third kappa shape index (κ3) is 3.50. The summed E-state index contributed by atoms with van der Waals surface area (Å²) in [6.45, 7) is 0. The van der Waals surface area contributed by atoms with Crippen molar-refractivity contribution in [3.05, 3.63) is 96.7 Å². The van der Waals surface area contributed by atoms with Crippen molar-refractivity contribution in [1.29, 1.82) is 0 Å². The van der Waals surface area contributed by atoms with Crippen molar-refractivity contribution in [2.75, 3.05) is 7.11 Å². The highest BCUT2D eigenvalue weighted by Gasteiger charge is 2.11. The molecule has 0 N–H and O–H groups in total. The van der Waals surface area contributed by atoms with Crippen molar-refractivity contribution in [2.45, 2.75) is 6.42 Å². The van der Waals surface area contributed by atoms with Gasteiger partial charge in [0.1, 0.15) is 11.4 Å². The fourth-order valence-corrected chi connectivity index (χ4v) is 3.59. The monoisotopic (exact) mass is 377 g/mol. The first-order valence-corrected chi connectivity index (χ1v) is 9.08. The van der Waals surface area contributed by atoms with Crippen LogP contribution in [0.4, 0.5) is 0 Å². The molecule has 0 aliphatic heterocycles. The van der Waals surface area contributed by atoms with Gasteiger partial charge in [-0.05, 0) is 29.3 Å². The second kappa shape index (κ2) is 7.13. The molecule has 0 radical (unpaired) electrons. The third-order valence-corrected chi connectivity index (χ3v) is 5.04. The summed E-state index contributed by atoms with van der Waals surface area (Å²) >= 11 is 1.16. The molecule has 27 heavy (non-hydrogen) atoms. The molecule has 0 bridgehead atoms. The van der Waals surface area contributed by atoms with E-state index in [2.05, 4.69) is 10.1 Å². The molecule has 2 aromatic carbocycles. The lowest BCUT2D eigenvalue weighted by Crippen LogP contribution is -2.28. The maximum atomic E-state index is 12.7. The van der Waals surface area contributed by atoms with Crippen LogP contribution in [-0.4, -0.2) is 21.7 Å². The van der Waals surface area contributed by atoms with Crippen LogP contribution in [0, 0.1) is 0 Å². The minimum atomic E-state index is -0.418. The molecule has 4 rings (SSSR count). The van der Waals surface area contributed by atoms with Crippen molar-refractivity contribution in [3.8, 4) is 5.75 Å². The molecule has 0 spiro atoms. The Morgan fingerprint density at radius 3 is 2.52 bits per heavy atom. The van der Waals surface area contributed by atoms with E-state index >= 15 is 0 Å². The molecule has 6 nitrogen and oxygen atoms in total. The number of rotatable bonds is 4. The molecule has 2 heterocycles. The first-order valence-electron chi connectivity index (χ1n) is 8.26. The lowest BCUT2D eigenvalue weighted by atomic mass is 10.1. The van der Waals surface area contributed by atoms with Gasteiger partial charge in [-0.25, -0.2) is 0 Å². The normalized spacial score (nSPS) is 11.8. The molecule has 4 aromatic rings. The maximum Gasteiger partial charge on any atom is 0.296 e. The molecule has 134 valence electrons. The largest absolute Gasteiger partial charge is 0.497 e. The zero-order chi connectivity index (χ0) is 18.8. The van der Waals surface area contributed by atoms with Gasteiger partial charge in [-0.3, -0.25) is 9.59 Å². The predicted molar refractivity (Wildman–Crippen MR) is 104 cm³/mol. The van der Waals surface area contributed by atoms with Crippen LogP contribution >= 0.6 is 11.3 Å². The molecule has 0 unspecified atom stereocenters. The second-order valence-corrected chi connectivity index (χ2v) is 6.92. The van der Waals surface area contributed by atoms with Gasteiger partial charge in [0.05, 0.1) is 11.6 Å². The van der Waals surface area contributed by atoms with E-state index in [0.29, 0.717) is 15.9 Å². The van der Waals surface area contributed by atoms with Crippen LogP contribution in [0.15, 0.2) is 64.2 Å². The Bertz CT molecular complexity index is 1260. The van der Waals surface area contributed by atoms with E-state index in [1.54, 1.807) is 13.2 Å². The SMILES string of the molecule is COc1ccc(Cc2nn3c(=O)/c(=C\c4ccccc4)sc3nc2=O)cc1. The number of benzene rings is 2. The first kappa shape index (κ1) is 17.1. The van der Waals surface area contributed by atoms with Crippen molar-refractivity contribution in [3.63, 3.8) is 0 Å². The summed E-state index contributed by atoms with van der Waals surface area (Å²) in [6.07, 6.45) is 2.07. The minimum Gasteiger partial charge on any atom is -0.497 e. The molecular formula is C20H15N3O3S. The molecule has 2 aromatic heterocycles. The lowest BCUT2D eigenvalue weighted by Gasteiger charge is -2.02. The van der Waals surface area contributed by atoms with Gasteiger partial charge in [-0.1, -0.05) is 53.8 Å². The summed E-state index contributed by atoms with van der Waals surface area (Å²) in [5, 5.41) is 4.26. The Morgan fingerprint density at radius 2 is 1.81 bits per heavy atom. The second-order valence-electron chi connectivity index (χ2n) is 5.91. The smallest absolute Gasteiger partial charge is 0.296 e. The highest BCUT2D eigenvalue weighted by molar-refractivity contribution is 7.15. The fourth-order valence-electron chi connectivity index (χ4n) is 2.69. The van der Waals surface area contributed by atoms with E-state index in [9.17, 15) is 9.59 Å². The van der Waals surface area contributed by atoms with E-state index in [1.807, 2.05) is 54.6 Å². The molecule has 0 aliphatic carbocycles. The Morgan fingerprint density at radius 1 is 1.07 bits per heavy atom. The zero-order valence-corrected chi connectivity index (χ0v) is 15.3. The molecule has 0 saturated carbocycles. The van der Waals surface area contributed by atoms with Gasteiger partial charge in [0.2, 0.25) is 4.96 Å². The van der Waals surface area contributed by atoms with Crippen molar-refractivity contribution < 1.29 is 4.74 Å². The van der Waals surface area contributed by atoms with E-state index in [-0.39, 0.29) is 11.3 Å². The highest BCUT2D eigenvalue weighted by Crippen LogP contribution is 2.13. The van der Waals surface area contributed by atoms with Gasteiger partial charge >= 0.3 is 0 Å². The van der Waals surface area contributed by atoms with Gasteiger partial charge in [0, 0.05) is 6.42 Å². The van der Waals surface area contributed by atoms with Crippen LogP contribution in [0.2, 0.25) is 0 Å². The lowest BCUT2D eigenvalue weighted by molar-refractivity contribution is 0.414. The minimum absolute atomic E-state index is 0.235. The van der Waals surface area contributed by atoms with Crippen molar-refractivity contribution in [2.24, 2.45) is 0 Å². The molecule has 0 aliphatic rings. The third-order valence-electron chi connectivity index (χ3n) is 4.08. The van der Waals surface area contributed by atoms with E-state index in [4.69, 9.17) is 4.74 Å². The van der Waals surface area contributed by atoms with Crippen LogP contribution < -0.4 is 20.4 Å². The van der Waals surface area contributed by atoms with E-state index in [0.717, 1.165) is 28.2 Å². The van der Waals surface area contributed by atoms with Gasteiger partial charge < -0.3 is 4.74 Å². The van der Waals surface area contributed by atoms with Crippen molar-refractivity contribution in [1.82, 2.24) is 14.6 Å². The Hall–Kier alpha value is -3.32.